The van der Waals surface area contributed by atoms with Gasteiger partial charge in [0.2, 0.25) is 0 Å². The van der Waals surface area contributed by atoms with Gasteiger partial charge in [0.15, 0.2) is 0 Å². The summed E-state index contributed by atoms with van der Waals surface area (Å²) in [6.45, 7) is 105. The molecule has 0 N–H and O–H groups in total. The van der Waals surface area contributed by atoms with Crippen molar-refractivity contribution in [1.29, 1.82) is 0 Å². The number of benzene rings is 4. The van der Waals surface area contributed by atoms with Crippen molar-refractivity contribution >= 4 is 75.2 Å². The summed E-state index contributed by atoms with van der Waals surface area (Å²) in [4.78, 5) is 0. The van der Waals surface area contributed by atoms with Gasteiger partial charge in [-0.2, -0.15) is 0 Å². The minimum absolute atomic E-state index is 0.00331. The van der Waals surface area contributed by atoms with Crippen molar-refractivity contribution < 1.29 is 0 Å². The molecule has 4 heteroatoms. The fraction of sp³-hybridized carbons (Fsp3) is 0.682. The van der Waals surface area contributed by atoms with Crippen molar-refractivity contribution in [2.75, 3.05) is 0 Å². The first-order valence-electron chi connectivity index (χ1n) is 35.6. The molecule has 0 unspecified atom stereocenters. The van der Waals surface area contributed by atoms with Crippen molar-refractivity contribution in [3.05, 3.63) is 115 Å². The fourth-order valence-electron chi connectivity index (χ4n) is 14.1. The molecular formula is C88H138P4. The molecule has 0 heterocycles. The summed E-state index contributed by atoms with van der Waals surface area (Å²) in [7, 11) is 5.53. The van der Waals surface area contributed by atoms with Gasteiger partial charge in [-0.05, 0) is 164 Å². The lowest BCUT2D eigenvalue weighted by molar-refractivity contribution is 0.164. The first kappa shape index (κ1) is 78.6. The van der Waals surface area contributed by atoms with Gasteiger partial charge >= 0.3 is 0 Å². The van der Waals surface area contributed by atoms with Gasteiger partial charge in [-0.15, -0.1) is 0 Å². The monoisotopic (exact) mass is 1320 g/mol. The van der Waals surface area contributed by atoms with Crippen LogP contribution in [0.5, 0.6) is 0 Å². The molecule has 6 rings (SSSR count). The molecule has 0 aromatic heterocycles. The third kappa shape index (κ3) is 16.8. The molecule has 0 amide bonds. The lowest BCUT2D eigenvalue weighted by Gasteiger charge is -2.60. The van der Waals surface area contributed by atoms with E-state index in [2.05, 4.69) is 339 Å². The zero-order valence-electron chi connectivity index (χ0n) is 67.7. The van der Waals surface area contributed by atoms with Gasteiger partial charge in [-0.25, -0.2) is 0 Å². The van der Waals surface area contributed by atoms with E-state index in [1.54, 1.807) is 42.4 Å². The van der Waals surface area contributed by atoms with Crippen molar-refractivity contribution in [3.63, 3.8) is 0 Å². The van der Waals surface area contributed by atoms with Crippen LogP contribution in [-0.4, -0.2) is 21.2 Å². The predicted molar refractivity (Wildman–Crippen MR) is 429 cm³/mol. The van der Waals surface area contributed by atoms with Crippen molar-refractivity contribution in [3.8, 4) is 0 Å². The second kappa shape index (κ2) is 24.8. The van der Waals surface area contributed by atoms with Gasteiger partial charge in [-0.1, -0.05) is 372 Å². The highest BCUT2D eigenvalue weighted by Crippen LogP contribution is 2.60. The Labute approximate surface area is 577 Å². The minimum atomic E-state index is -0.0869. The maximum Gasteiger partial charge on any atom is 0.00956 e. The largest absolute Gasteiger partial charge is 0.0633 e. The van der Waals surface area contributed by atoms with Crippen molar-refractivity contribution in [2.24, 2.45) is 34.5 Å². The average Bonchev–Trinajstić information content (AvgIpc) is 0.687. The Balaban J connectivity index is 2.04. The summed E-state index contributed by atoms with van der Waals surface area (Å²) >= 11 is 0. The molecule has 4 aromatic rings. The summed E-state index contributed by atoms with van der Waals surface area (Å²) in [5.74, 6) is 1.25. The van der Waals surface area contributed by atoms with Crippen LogP contribution in [0.4, 0.5) is 0 Å². The lowest BCUT2D eigenvalue weighted by Crippen LogP contribution is -2.66. The molecule has 0 aliphatic heterocycles. The third-order valence-electron chi connectivity index (χ3n) is 20.0. The van der Waals surface area contributed by atoms with E-state index in [4.69, 9.17) is 0 Å². The van der Waals surface area contributed by atoms with E-state index >= 15 is 0 Å². The highest BCUT2D eigenvalue weighted by molar-refractivity contribution is 7.62. The van der Waals surface area contributed by atoms with E-state index in [9.17, 15) is 0 Å². The molecule has 0 bridgehead atoms. The Kier molecular flexibility index (Phi) is 21.2. The summed E-state index contributed by atoms with van der Waals surface area (Å²) < 4.78 is 0. The normalized spacial score (nSPS) is 21.0. The van der Waals surface area contributed by atoms with E-state index in [-0.39, 0.29) is 75.8 Å². The summed E-state index contributed by atoms with van der Waals surface area (Å²) in [5.41, 5.74) is 17.2. The van der Waals surface area contributed by atoms with Gasteiger partial charge in [0.1, 0.15) is 0 Å². The van der Waals surface area contributed by atoms with Crippen molar-refractivity contribution in [2.45, 2.75) is 356 Å². The molecule has 0 radical (unpaired) electrons. The van der Waals surface area contributed by atoms with Gasteiger partial charge in [0.05, 0.1) is 0 Å². The number of hydrogen-bond donors (Lipinski definition) is 0. The van der Waals surface area contributed by atoms with Crippen LogP contribution in [0.1, 0.15) is 358 Å². The summed E-state index contributed by atoms with van der Waals surface area (Å²) in [6.07, 6.45) is 0. The molecule has 4 aromatic carbocycles. The SMILES string of the molecule is CC(C)(C)c1cc(C(C)(C)C)c(P=C2C(=Pc3c(C(C)(C)C)cc(C(C)(C)C)cc3C(C)(C)C)[C@H](C(C)(C)C)[C@@H]2[C@@H]2C(=Pc3c(C(C)(C)C)cc(C(C)(C)C)cc3C(C)(C)C)C(=Pc3c(C(C)(C)C)cc(C(C)(C)C)cc3C(C)(C)C)[C@@H]2C(C)(C)C)c(C(C)(C)C)c1. The molecule has 2 aliphatic rings. The van der Waals surface area contributed by atoms with Gasteiger partial charge in [0, 0.05) is 44.9 Å². The van der Waals surface area contributed by atoms with Gasteiger partial charge < -0.3 is 0 Å². The van der Waals surface area contributed by atoms with Crippen molar-refractivity contribution in [1.82, 2.24) is 0 Å². The van der Waals surface area contributed by atoms with E-state index < -0.39 is 0 Å². The first-order chi connectivity index (χ1) is 40.5. The van der Waals surface area contributed by atoms with E-state index in [1.165, 1.54) is 99.6 Å². The molecule has 0 nitrogen and oxygen atoms in total. The third-order valence-corrected chi connectivity index (χ3v) is 26.3. The molecule has 92 heavy (non-hydrogen) atoms. The molecule has 4 atom stereocenters. The highest BCUT2D eigenvalue weighted by atomic mass is 31.1. The van der Waals surface area contributed by atoms with E-state index in [0.717, 1.165) is 0 Å². The first-order valence-corrected chi connectivity index (χ1v) is 39.2. The number of rotatable bonds is 5. The van der Waals surface area contributed by atoms with Crippen LogP contribution in [0.25, 0.3) is 0 Å². The number of hydrogen-bond acceptors (Lipinski definition) is 0. The van der Waals surface area contributed by atoms with Crippen LogP contribution in [-0.2, 0) is 65.0 Å². The molecule has 2 saturated carbocycles. The zero-order valence-corrected chi connectivity index (χ0v) is 71.3. The molecule has 0 saturated heterocycles. The minimum Gasteiger partial charge on any atom is -0.0633 e. The Hall–Kier alpha value is -2.44. The smallest absolute Gasteiger partial charge is 0.00956 e. The van der Waals surface area contributed by atoms with Gasteiger partial charge in [0.25, 0.3) is 0 Å². The second-order valence-corrected chi connectivity index (χ2v) is 48.0. The molecule has 510 valence electrons. The predicted octanol–water partition coefficient (Wildman–Crippen LogP) is 24.9. The fourth-order valence-corrected chi connectivity index (χ4v) is 23.2. The summed E-state index contributed by atoms with van der Waals surface area (Å²) in [5, 5.41) is 12.9. The average molecular weight is 1320 g/mol. The van der Waals surface area contributed by atoms with Crippen LogP contribution >= 0.6 is 32.8 Å². The quantitative estimate of drug-likeness (QED) is 0.175. The maximum absolute atomic E-state index is 2.65. The van der Waals surface area contributed by atoms with Crippen LogP contribution < -0.4 is 21.2 Å². The van der Waals surface area contributed by atoms with E-state index in [1.807, 2.05) is 0 Å². The second-order valence-electron chi connectivity index (χ2n) is 43.4. The van der Waals surface area contributed by atoms with E-state index in [0.29, 0.717) is 23.7 Å². The zero-order chi connectivity index (χ0) is 71.3. The van der Waals surface area contributed by atoms with Crippen LogP contribution in [0, 0.1) is 34.5 Å². The Morgan fingerprint density at radius 2 is 0.315 bits per heavy atom. The molecule has 2 fully saturated rings. The van der Waals surface area contributed by atoms with Gasteiger partial charge in [-0.3, -0.25) is 0 Å². The van der Waals surface area contributed by atoms with Crippen LogP contribution in [0.3, 0.4) is 0 Å². The van der Waals surface area contributed by atoms with Crippen LogP contribution in [0.2, 0.25) is 0 Å². The standard InChI is InChI=1S/C88H138P4/c1-75(2,3)51-43-55(79(13,14)15)67(56(44-51)80(16,17)18)89-71-63(65(87(37,38)39)73(71)91-69-59(83(25,26)27)47-53(77(7,8)9)48-60(69)84(28,29)30)64-66(88(40,41)42)74(92-70-61(85(31,32)33)49-54(78(10,11)12)50-62(70)86(34,35)36)72(64)90-68-57(81(19,20)21)45-52(76(4,5)6)46-58(68)82(22,23)24/h43-50,63-66H,1-42H3/t63-,64-,65+,66+/m0/s1. The maximum atomic E-state index is 2.65. The molecule has 2 aliphatic carbocycles. The highest BCUT2D eigenvalue weighted by Gasteiger charge is 2.61. The Morgan fingerprint density at radius 1 is 0.185 bits per heavy atom. The topological polar surface area (TPSA) is 0 Å². The Bertz CT molecular complexity index is 3180. The molecule has 0 spiro atoms. The van der Waals surface area contributed by atoms with Crippen LogP contribution in [0.15, 0.2) is 48.5 Å². The summed E-state index contributed by atoms with van der Waals surface area (Å²) in [6, 6.07) is 21.2. The Morgan fingerprint density at radius 3 is 0.424 bits per heavy atom. The lowest BCUT2D eigenvalue weighted by atomic mass is 9.48. The molecular weight excluding hydrogens is 1180 g/mol.